The van der Waals surface area contributed by atoms with Gasteiger partial charge >= 0.3 is 18.0 Å². The summed E-state index contributed by atoms with van der Waals surface area (Å²) in [4.78, 5) is 10.8. The van der Waals surface area contributed by atoms with Crippen molar-refractivity contribution in [1.29, 1.82) is 0 Å². The van der Waals surface area contributed by atoms with Crippen molar-refractivity contribution in [2.24, 2.45) is 0 Å². The number of nitrogens with one attached hydrogen (secondary N) is 1. The van der Waals surface area contributed by atoms with Crippen molar-refractivity contribution in [2.45, 2.75) is 18.6 Å². The number of alkyl halides is 5. The van der Waals surface area contributed by atoms with Crippen molar-refractivity contribution >= 4 is 21.8 Å². The third kappa shape index (κ3) is 3.41. The van der Waals surface area contributed by atoms with Crippen molar-refractivity contribution in [3.63, 3.8) is 0 Å². The zero-order valence-electron chi connectivity index (χ0n) is 8.69. The van der Waals surface area contributed by atoms with Crippen LogP contribution in [0.4, 0.5) is 22.0 Å². The molecule has 1 amide bonds. The lowest BCUT2D eigenvalue weighted by Gasteiger charge is -2.18. The number of carbonyl (C=O) groups is 1. The number of hydrogen-bond acceptors (Lipinski definition) is 1. The van der Waals surface area contributed by atoms with Crippen LogP contribution < -0.4 is 5.32 Å². The highest BCUT2D eigenvalue weighted by molar-refractivity contribution is 9.10. The van der Waals surface area contributed by atoms with E-state index in [0.717, 1.165) is 4.47 Å². The highest BCUT2D eigenvalue weighted by Crippen LogP contribution is 2.35. The maximum atomic E-state index is 12.5. The minimum atomic E-state index is -5.89. The molecule has 8 heteroatoms. The lowest BCUT2D eigenvalue weighted by Crippen LogP contribution is -2.50. The SMILES string of the molecule is O=C(NCc1ccc(Br)cc1)C(F)(F)C(F)(F)F. The summed E-state index contributed by atoms with van der Waals surface area (Å²) in [6, 6.07) is 6.11. The van der Waals surface area contributed by atoms with Crippen molar-refractivity contribution in [3.8, 4) is 0 Å². The van der Waals surface area contributed by atoms with E-state index in [4.69, 9.17) is 0 Å². The van der Waals surface area contributed by atoms with Gasteiger partial charge in [-0.05, 0) is 17.7 Å². The summed E-state index contributed by atoms with van der Waals surface area (Å²) in [6.07, 6.45) is -5.89. The minimum absolute atomic E-state index is 0.405. The van der Waals surface area contributed by atoms with Gasteiger partial charge in [0.1, 0.15) is 0 Å². The second-order valence-corrected chi connectivity index (χ2v) is 4.30. The Morgan fingerprint density at radius 1 is 1.11 bits per heavy atom. The molecule has 0 aliphatic rings. The summed E-state index contributed by atoms with van der Waals surface area (Å²) in [7, 11) is 0. The number of halogens is 6. The van der Waals surface area contributed by atoms with Crippen LogP contribution in [-0.2, 0) is 11.3 Å². The number of carbonyl (C=O) groups excluding carboxylic acids is 1. The van der Waals surface area contributed by atoms with Gasteiger partial charge < -0.3 is 5.32 Å². The van der Waals surface area contributed by atoms with Crippen LogP contribution in [0.15, 0.2) is 28.7 Å². The summed E-state index contributed by atoms with van der Waals surface area (Å²) in [5, 5.41) is 1.54. The minimum Gasteiger partial charge on any atom is -0.346 e. The van der Waals surface area contributed by atoms with Crippen LogP contribution >= 0.6 is 15.9 Å². The fourth-order valence-electron chi connectivity index (χ4n) is 1.02. The van der Waals surface area contributed by atoms with E-state index in [0.29, 0.717) is 5.56 Å². The number of amides is 1. The third-order valence-corrected chi connectivity index (χ3v) is 2.54. The molecule has 100 valence electrons. The normalized spacial score (nSPS) is 12.3. The Morgan fingerprint density at radius 2 is 1.61 bits per heavy atom. The van der Waals surface area contributed by atoms with Gasteiger partial charge in [-0.3, -0.25) is 4.79 Å². The molecular formula is C10H7BrF5NO. The van der Waals surface area contributed by atoms with Gasteiger partial charge in [-0.2, -0.15) is 22.0 Å². The first-order valence-corrected chi connectivity index (χ1v) is 5.41. The Kier molecular flexibility index (Phi) is 4.31. The van der Waals surface area contributed by atoms with E-state index >= 15 is 0 Å². The van der Waals surface area contributed by atoms with Gasteiger partial charge in [-0.15, -0.1) is 0 Å². The molecule has 0 bridgehead atoms. The second-order valence-electron chi connectivity index (χ2n) is 3.38. The van der Waals surface area contributed by atoms with Crippen LogP contribution in [0.3, 0.4) is 0 Å². The molecule has 2 nitrogen and oxygen atoms in total. The Morgan fingerprint density at radius 3 is 2.06 bits per heavy atom. The molecule has 1 rings (SSSR count). The van der Waals surface area contributed by atoms with Crippen molar-refractivity contribution in [1.82, 2.24) is 5.32 Å². The van der Waals surface area contributed by atoms with Gasteiger partial charge in [0.2, 0.25) is 0 Å². The number of hydrogen-bond donors (Lipinski definition) is 1. The Bertz CT molecular complexity index is 429. The van der Waals surface area contributed by atoms with Gasteiger partial charge in [0.25, 0.3) is 0 Å². The summed E-state index contributed by atoms with van der Waals surface area (Å²) in [5.74, 6) is -7.75. The molecule has 0 spiro atoms. The average molecular weight is 332 g/mol. The molecule has 1 aromatic rings. The van der Waals surface area contributed by atoms with Crippen molar-refractivity contribution < 1.29 is 26.7 Å². The fourth-order valence-corrected chi connectivity index (χ4v) is 1.29. The summed E-state index contributed by atoms with van der Waals surface area (Å²) >= 11 is 3.13. The van der Waals surface area contributed by atoms with Crippen LogP contribution in [0.1, 0.15) is 5.56 Å². The molecule has 0 saturated carbocycles. The van der Waals surface area contributed by atoms with E-state index in [1.807, 2.05) is 0 Å². The van der Waals surface area contributed by atoms with Crippen LogP contribution in [0.25, 0.3) is 0 Å². The smallest absolute Gasteiger partial charge is 0.346 e. The topological polar surface area (TPSA) is 29.1 Å². The summed E-state index contributed by atoms with van der Waals surface area (Å²) in [5.41, 5.74) is 0.407. The van der Waals surface area contributed by atoms with Crippen LogP contribution in [-0.4, -0.2) is 18.0 Å². The first-order valence-electron chi connectivity index (χ1n) is 4.62. The van der Waals surface area contributed by atoms with Gasteiger partial charge in [0, 0.05) is 11.0 Å². The molecule has 0 aromatic heterocycles. The zero-order valence-corrected chi connectivity index (χ0v) is 10.3. The van der Waals surface area contributed by atoms with E-state index in [9.17, 15) is 26.7 Å². The molecule has 0 heterocycles. The predicted molar refractivity (Wildman–Crippen MR) is 57.0 cm³/mol. The fraction of sp³-hybridized carbons (Fsp3) is 0.300. The predicted octanol–water partition coefficient (Wildman–Crippen LogP) is 3.26. The largest absolute Gasteiger partial charge is 0.463 e. The lowest BCUT2D eigenvalue weighted by atomic mass is 10.2. The molecular weight excluding hydrogens is 325 g/mol. The van der Waals surface area contributed by atoms with Crippen molar-refractivity contribution in [2.75, 3.05) is 0 Å². The molecule has 0 unspecified atom stereocenters. The molecule has 0 aliphatic carbocycles. The highest BCUT2D eigenvalue weighted by Gasteiger charge is 2.63. The monoisotopic (exact) mass is 331 g/mol. The quantitative estimate of drug-likeness (QED) is 0.846. The summed E-state index contributed by atoms with van der Waals surface area (Å²) in [6.45, 7) is -0.405. The average Bonchev–Trinajstić information content (AvgIpc) is 2.26. The van der Waals surface area contributed by atoms with Gasteiger partial charge in [0.15, 0.2) is 0 Å². The van der Waals surface area contributed by atoms with Gasteiger partial charge in [-0.25, -0.2) is 0 Å². The first kappa shape index (κ1) is 14.9. The second kappa shape index (κ2) is 5.21. The lowest BCUT2D eigenvalue weighted by molar-refractivity contribution is -0.269. The highest BCUT2D eigenvalue weighted by atomic mass is 79.9. The molecule has 0 atom stereocenters. The van der Waals surface area contributed by atoms with Gasteiger partial charge in [0.05, 0.1) is 0 Å². The van der Waals surface area contributed by atoms with Gasteiger partial charge in [-0.1, -0.05) is 28.1 Å². The molecule has 0 radical (unpaired) electrons. The molecule has 18 heavy (non-hydrogen) atoms. The van der Waals surface area contributed by atoms with E-state index in [1.54, 1.807) is 17.4 Å². The first-order chi connectivity index (χ1) is 8.14. The maximum Gasteiger partial charge on any atom is 0.463 e. The summed E-state index contributed by atoms with van der Waals surface area (Å²) < 4.78 is 61.4. The van der Waals surface area contributed by atoms with E-state index < -0.39 is 24.6 Å². The van der Waals surface area contributed by atoms with Crippen LogP contribution in [0.2, 0.25) is 0 Å². The Hall–Kier alpha value is -1.18. The molecule has 0 saturated heterocycles. The Balaban J connectivity index is 2.64. The van der Waals surface area contributed by atoms with Crippen LogP contribution in [0, 0.1) is 0 Å². The Labute approximate surface area is 107 Å². The molecule has 1 N–H and O–H groups in total. The van der Waals surface area contributed by atoms with Crippen LogP contribution in [0.5, 0.6) is 0 Å². The maximum absolute atomic E-state index is 12.5. The van der Waals surface area contributed by atoms with Crippen molar-refractivity contribution in [3.05, 3.63) is 34.3 Å². The number of benzene rings is 1. The zero-order chi connectivity index (χ0) is 14.0. The van der Waals surface area contributed by atoms with E-state index in [2.05, 4.69) is 15.9 Å². The standard InChI is InChI=1S/C10H7BrF5NO/c11-7-3-1-6(2-4-7)5-17-8(18)9(12,13)10(14,15)16/h1-4H,5H2,(H,17,18). The molecule has 0 aliphatic heterocycles. The van der Waals surface area contributed by atoms with E-state index in [-0.39, 0.29) is 0 Å². The molecule has 1 aromatic carbocycles. The van der Waals surface area contributed by atoms with E-state index in [1.165, 1.54) is 12.1 Å². The third-order valence-electron chi connectivity index (χ3n) is 2.01. The molecule has 0 fully saturated rings. The number of rotatable bonds is 3.